The fraction of sp³-hybridized carbons (Fsp3) is 0.500. The molecule has 1 amide bonds. The van der Waals surface area contributed by atoms with Gasteiger partial charge in [0, 0.05) is 37.3 Å². The van der Waals surface area contributed by atoms with Crippen LogP contribution in [0.2, 0.25) is 0 Å². The molecule has 6 heteroatoms. The number of amides is 1. The van der Waals surface area contributed by atoms with Gasteiger partial charge < -0.3 is 10.2 Å². The maximum absolute atomic E-state index is 12.8. The summed E-state index contributed by atoms with van der Waals surface area (Å²) in [5.41, 5.74) is 0.998. The van der Waals surface area contributed by atoms with Crippen LogP contribution in [0.1, 0.15) is 50.1 Å². The molecule has 1 unspecified atom stereocenters. The highest BCUT2D eigenvalue weighted by atomic mass is 16.2. The molecule has 4 rings (SSSR count). The van der Waals surface area contributed by atoms with Crippen LogP contribution in [0.4, 0.5) is 11.8 Å². The van der Waals surface area contributed by atoms with Crippen LogP contribution in [0.25, 0.3) is 0 Å². The third-order valence-corrected chi connectivity index (χ3v) is 5.45. The number of anilines is 2. The zero-order valence-corrected chi connectivity index (χ0v) is 15.0. The molecule has 0 spiro atoms. The lowest BCUT2D eigenvalue weighted by molar-refractivity contribution is -0.135. The van der Waals surface area contributed by atoms with Crippen LogP contribution in [0, 0.1) is 5.92 Å². The number of hydrogen-bond acceptors (Lipinski definition) is 5. The second-order valence-electron chi connectivity index (χ2n) is 7.25. The SMILES string of the molecule is O=C(C1CCCCC1)N1CCC(c2ccnc(Nc3ccccn3)n2)C1. The van der Waals surface area contributed by atoms with Crippen molar-refractivity contribution in [3.63, 3.8) is 0 Å². The number of carbonyl (C=O) groups is 1. The highest BCUT2D eigenvalue weighted by molar-refractivity contribution is 5.79. The Labute approximate surface area is 154 Å². The van der Waals surface area contributed by atoms with Gasteiger partial charge in [-0.25, -0.2) is 15.0 Å². The molecule has 1 aliphatic carbocycles. The van der Waals surface area contributed by atoms with Crippen LogP contribution >= 0.6 is 0 Å². The van der Waals surface area contributed by atoms with Gasteiger partial charge in [-0.15, -0.1) is 0 Å². The monoisotopic (exact) mass is 351 g/mol. The van der Waals surface area contributed by atoms with Crippen LogP contribution in [0.3, 0.4) is 0 Å². The lowest BCUT2D eigenvalue weighted by Crippen LogP contribution is -2.35. The Hall–Kier alpha value is -2.50. The number of likely N-dealkylation sites (tertiary alicyclic amines) is 1. The van der Waals surface area contributed by atoms with Gasteiger partial charge in [-0.3, -0.25) is 4.79 Å². The van der Waals surface area contributed by atoms with Crippen molar-refractivity contribution in [2.45, 2.75) is 44.4 Å². The normalized spacial score (nSPS) is 20.9. The van der Waals surface area contributed by atoms with Crippen molar-refractivity contribution >= 4 is 17.7 Å². The van der Waals surface area contributed by atoms with Gasteiger partial charge in [0.2, 0.25) is 11.9 Å². The molecule has 1 aliphatic heterocycles. The Balaban J connectivity index is 1.40. The number of nitrogens with one attached hydrogen (secondary N) is 1. The highest BCUT2D eigenvalue weighted by Crippen LogP contribution is 2.31. The summed E-state index contributed by atoms with van der Waals surface area (Å²) in [5.74, 6) is 2.17. The van der Waals surface area contributed by atoms with Gasteiger partial charge in [-0.2, -0.15) is 0 Å². The third-order valence-electron chi connectivity index (χ3n) is 5.45. The molecule has 6 nitrogen and oxygen atoms in total. The summed E-state index contributed by atoms with van der Waals surface area (Å²) in [6.45, 7) is 1.61. The largest absolute Gasteiger partial charge is 0.342 e. The minimum Gasteiger partial charge on any atom is -0.342 e. The molecule has 2 aromatic heterocycles. The molecule has 2 aliphatic rings. The highest BCUT2D eigenvalue weighted by Gasteiger charge is 2.32. The van der Waals surface area contributed by atoms with Crippen molar-refractivity contribution in [2.24, 2.45) is 5.92 Å². The van der Waals surface area contributed by atoms with Crippen molar-refractivity contribution in [3.05, 3.63) is 42.4 Å². The fourth-order valence-corrected chi connectivity index (χ4v) is 4.02. The molecule has 1 saturated carbocycles. The predicted octanol–water partition coefficient (Wildman–Crippen LogP) is 3.51. The quantitative estimate of drug-likeness (QED) is 0.913. The first-order chi connectivity index (χ1) is 12.8. The standard InChI is InChI=1S/C20H25N5O/c26-19(15-6-2-1-3-7-15)25-13-10-16(14-25)17-9-12-22-20(23-17)24-18-8-4-5-11-21-18/h4-5,8-9,11-12,15-16H,1-3,6-7,10,13-14H2,(H,21,22,23,24). The van der Waals surface area contributed by atoms with Crippen molar-refractivity contribution in [2.75, 3.05) is 18.4 Å². The van der Waals surface area contributed by atoms with E-state index in [9.17, 15) is 4.79 Å². The molecule has 26 heavy (non-hydrogen) atoms. The first-order valence-electron chi connectivity index (χ1n) is 9.59. The summed E-state index contributed by atoms with van der Waals surface area (Å²) in [4.78, 5) is 28.0. The van der Waals surface area contributed by atoms with E-state index >= 15 is 0 Å². The van der Waals surface area contributed by atoms with Crippen LogP contribution in [0.5, 0.6) is 0 Å². The van der Waals surface area contributed by atoms with Gasteiger partial charge in [0.1, 0.15) is 5.82 Å². The Morgan fingerprint density at radius 2 is 1.92 bits per heavy atom. The van der Waals surface area contributed by atoms with Crippen LogP contribution < -0.4 is 5.32 Å². The second kappa shape index (κ2) is 7.81. The zero-order chi connectivity index (χ0) is 17.8. The number of rotatable bonds is 4. The van der Waals surface area contributed by atoms with Gasteiger partial charge in [0.25, 0.3) is 0 Å². The number of pyridine rings is 1. The summed E-state index contributed by atoms with van der Waals surface area (Å²) in [5, 5.41) is 3.14. The molecule has 1 saturated heterocycles. The van der Waals surface area contributed by atoms with E-state index < -0.39 is 0 Å². The Kier molecular flexibility index (Phi) is 5.09. The summed E-state index contributed by atoms with van der Waals surface area (Å²) in [6, 6.07) is 7.64. The number of aromatic nitrogens is 3. The lowest BCUT2D eigenvalue weighted by Gasteiger charge is -2.26. The first-order valence-corrected chi connectivity index (χ1v) is 9.59. The van der Waals surface area contributed by atoms with Gasteiger partial charge in [0.15, 0.2) is 0 Å². The predicted molar refractivity (Wildman–Crippen MR) is 100 cm³/mol. The number of nitrogens with zero attached hydrogens (tertiary/aromatic N) is 4. The smallest absolute Gasteiger partial charge is 0.228 e. The Morgan fingerprint density at radius 1 is 1.04 bits per heavy atom. The molecular formula is C20H25N5O. The van der Waals surface area contributed by atoms with E-state index in [2.05, 4.69) is 25.2 Å². The molecule has 2 fully saturated rings. The van der Waals surface area contributed by atoms with Crippen LogP contribution in [-0.2, 0) is 4.79 Å². The van der Waals surface area contributed by atoms with Gasteiger partial charge in [-0.05, 0) is 37.5 Å². The topological polar surface area (TPSA) is 71.0 Å². The number of carbonyl (C=O) groups excluding carboxylic acids is 1. The molecule has 1 N–H and O–H groups in total. The molecule has 0 aromatic carbocycles. The molecular weight excluding hydrogens is 326 g/mol. The van der Waals surface area contributed by atoms with Gasteiger partial charge in [-0.1, -0.05) is 25.3 Å². The van der Waals surface area contributed by atoms with Crippen molar-refractivity contribution < 1.29 is 4.79 Å². The minimum atomic E-state index is 0.245. The van der Waals surface area contributed by atoms with E-state index in [0.717, 1.165) is 43.9 Å². The molecule has 2 aromatic rings. The van der Waals surface area contributed by atoms with Crippen LogP contribution in [0.15, 0.2) is 36.7 Å². The van der Waals surface area contributed by atoms with E-state index in [1.54, 1.807) is 12.4 Å². The third kappa shape index (κ3) is 3.84. The maximum Gasteiger partial charge on any atom is 0.228 e. The van der Waals surface area contributed by atoms with Crippen molar-refractivity contribution in [3.8, 4) is 0 Å². The minimum absolute atomic E-state index is 0.245. The van der Waals surface area contributed by atoms with Gasteiger partial charge >= 0.3 is 0 Å². The molecule has 1 atom stereocenters. The van der Waals surface area contributed by atoms with E-state index in [0.29, 0.717) is 11.9 Å². The molecule has 0 bridgehead atoms. The van der Waals surface area contributed by atoms with Crippen molar-refractivity contribution in [1.82, 2.24) is 19.9 Å². The lowest BCUT2D eigenvalue weighted by atomic mass is 9.88. The van der Waals surface area contributed by atoms with Crippen molar-refractivity contribution in [1.29, 1.82) is 0 Å². The average Bonchev–Trinajstić information content (AvgIpc) is 3.19. The summed E-state index contributed by atoms with van der Waals surface area (Å²) in [7, 11) is 0. The second-order valence-corrected chi connectivity index (χ2v) is 7.25. The Bertz CT molecular complexity index is 745. The van der Waals surface area contributed by atoms with E-state index in [1.165, 1.54) is 19.3 Å². The summed E-state index contributed by atoms with van der Waals surface area (Å²) < 4.78 is 0. The van der Waals surface area contributed by atoms with E-state index in [-0.39, 0.29) is 11.8 Å². The molecule has 136 valence electrons. The zero-order valence-electron chi connectivity index (χ0n) is 15.0. The fourth-order valence-electron chi connectivity index (χ4n) is 4.02. The summed E-state index contributed by atoms with van der Waals surface area (Å²) >= 11 is 0. The van der Waals surface area contributed by atoms with Gasteiger partial charge in [0.05, 0.1) is 5.69 Å². The first kappa shape index (κ1) is 16.9. The van der Waals surface area contributed by atoms with E-state index in [4.69, 9.17) is 0 Å². The molecule has 3 heterocycles. The average molecular weight is 351 g/mol. The van der Waals surface area contributed by atoms with Crippen LogP contribution in [-0.4, -0.2) is 38.8 Å². The van der Waals surface area contributed by atoms with E-state index in [1.807, 2.05) is 24.3 Å². The number of hydrogen-bond donors (Lipinski definition) is 1. The maximum atomic E-state index is 12.8. The molecule has 0 radical (unpaired) electrons. The Morgan fingerprint density at radius 3 is 2.73 bits per heavy atom. The summed E-state index contributed by atoms with van der Waals surface area (Å²) in [6.07, 6.45) is 10.3.